The maximum atomic E-state index is 5.24. The van der Waals surface area contributed by atoms with Crippen LogP contribution in [0.5, 0.6) is 0 Å². The van der Waals surface area contributed by atoms with Crippen LogP contribution in [0.2, 0.25) is 0 Å². The molecule has 0 heterocycles. The van der Waals surface area contributed by atoms with Crippen molar-refractivity contribution in [3.63, 3.8) is 0 Å². The molecule has 0 aromatic carbocycles. The highest BCUT2D eigenvalue weighted by molar-refractivity contribution is 4.95. The second-order valence-electron chi connectivity index (χ2n) is 4.23. The number of allylic oxidation sites excluding steroid dienone is 5. The van der Waals surface area contributed by atoms with Crippen LogP contribution in [0.15, 0.2) is 30.4 Å². The molecule has 0 N–H and O–H groups in total. The first-order valence-electron chi connectivity index (χ1n) is 6.77. The highest BCUT2D eigenvalue weighted by Crippen LogP contribution is 2.07. The number of rotatable bonds is 11. The topological polar surface area (TPSA) is 0 Å². The fourth-order valence-electron chi connectivity index (χ4n) is 1.61. The van der Waals surface area contributed by atoms with Crippen LogP contribution >= 0.6 is 0 Å². The molecule has 0 heteroatoms. The van der Waals surface area contributed by atoms with Gasteiger partial charge in [-0.05, 0) is 32.1 Å². The summed E-state index contributed by atoms with van der Waals surface area (Å²) in [5.41, 5.74) is 0. The summed E-state index contributed by atoms with van der Waals surface area (Å²) in [5, 5.41) is 0. The molecule has 0 saturated carbocycles. The van der Waals surface area contributed by atoms with E-state index in [2.05, 4.69) is 25.2 Å². The van der Waals surface area contributed by atoms with Crippen LogP contribution in [0.1, 0.15) is 64.7 Å². The fraction of sp³-hybridized carbons (Fsp3) is 0.625. The Morgan fingerprint density at radius 1 is 0.750 bits per heavy atom. The molecule has 0 fully saturated rings. The molecule has 0 bridgehead atoms. The number of hydrogen-bond acceptors (Lipinski definition) is 0. The molecule has 1 radical (unpaired) electrons. The molecule has 0 aliphatic rings. The van der Waals surface area contributed by atoms with Crippen molar-refractivity contribution >= 4 is 0 Å². The molecular weight excluding hydrogens is 192 g/mol. The predicted octanol–water partition coefficient (Wildman–Crippen LogP) is 5.62. The summed E-state index contributed by atoms with van der Waals surface area (Å²) in [6.45, 7) is 7.48. The van der Waals surface area contributed by atoms with Crippen molar-refractivity contribution in [2.45, 2.75) is 64.7 Å². The first kappa shape index (κ1) is 15.2. The monoisotopic (exact) mass is 219 g/mol. The lowest BCUT2D eigenvalue weighted by molar-refractivity contribution is 0.651. The summed E-state index contributed by atoms with van der Waals surface area (Å²) in [4.78, 5) is 0. The standard InChI is InChI=1S/C16H27/c1-3-5-7-9-11-13-15-16-14-12-10-8-6-4-2/h1,3,5,7,10,12H,4,6,8-9,11,13-16H2,2H3. The van der Waals surface area contributed by atoms with Crippen molar-refractivity contribution in [2.75, 3.05) is 0 Å². The van der Waals surface area contributed by atoms with Gasteiger partial charge in [0.05, 0.1) is 0 Å². The summed E-state index contributed by atoms with van der Waals surface area (Å²) in [5.74, 6) is 0. The Hall–Kier alpha value is -0.780. The maximum Gasteiger partial charge on any atom is -0.0348 e. The predicted molar refractivity (Wildman–Crippen MR) is 74.4 cm³/mol. The third-order valence-corrected chi connectivity index (χ3v) is 2.63. The van der Waals surface area contributed by atoms with E-state index in [1.165, 1.54) is 57.8 Å². The summed E-state index contributed by atoms with van der Waals surface area (Å²) >= 11 is 0. The normalized spacial score (nSPS) is 11.6. The Morgan fingerprint density at radius 3 is 1.88 bits per heavy atom. The van der Waals surface area contributed by atoms with E-state index in [1.807, 2.05) is 6.08 Å². The van der Waals surface area contributed by atoms with Crippen LogP contribution in [-0.2, 0) is 0 Å². The Labute approximate surface area is 102 Å². The van der Waals surface area contributed by atoms with E-state index in [4.69, 9.17) is 6.58 Å². The van der Waals surface area contributed by atoms with Gasteiger partial charge >= 0.3 is 0 Å². The highest BCUT2D eigenvalue weighted by atomic mass is 13.9. The lowest BCUT2D eigenvalue weighted by Gasteiger charge is -1.96. The van der Waals surface area contributed by atoms with Gasteiger partial charge in [-0.15, -0.1) is 0 Å². The molecule has 0 saturated heterocycles. The quantitative estimate of drug-likeness (QED) is 0.240. The second kappa shape index (κ2) is 14.2. The Morgan fingerprint density at radius 2 is 1.31 bits per heavy atom. The largest absolute Gasteiger partial charge is 0.0885 e. The molecular formula is C16H27. The van der Waals surface area contributed by atoms with Crippen LogP contribution < -0.4 is 0 Å². The molecule has 0 aliphatic heterocycles. The Balaban J connectivity index is 3.06. The molecule has 0 aliphatic carbocycles. The van der Waals surface area contributed by atoms with E-state index in [0.717, 1.165) is 0 Å². The first-order chi connectivity index (χ1) is 7.91. The average Bonchev–Trinajstić information content (AvgIpc) is 2.31. The minimum absolute atomic E-state index is 1.17. The number of hydrogen-bond donors (Lipinski definition) is 0. The van der Waals surface area contributed by atoms with E-state index in [0.29, 0.717) is 0 Å². The van der Waals surface area contributed by atoms with Crippen molar-refractivity contribution in [1.82, 2.24) is 0 Å². The SMILES string of the molecule is [CH]=CC=CCCCCCCC=CCCCC. The van der Waals surface area contributed by atoms with E-state index in [-0.39, 0.29) is 0 Å². The van der Waals surface area contributed by atoms with Gasteiger partial charge in [0.2, 0.25) is 0 Å². The first-order valence-corrected chi connectivity index (χ1v) is 6.77. The summed E-state index contributed by atoms with van der Waals surface area (Å²) in [6.07, 6.45) is 22.0. The van der Waals surface area contributed by atoms with Crippen LogP contribution in [0.25, 0.3) is 0 Å². The van der Waals surface area contributed by atoms with Gasteiger partial charge in [0.25, 0.3) is 0 Å². The zero-order valence-electron chi connectivity index (χ0n) is 10.8. The molecule has 0 unspecified atom stereocenters. The van der Waals surface area contributed by atoms with E-state index in [9.17, 15) is 0 Å². The smallest absolute Gasteiger partial charge is 0.0348 e. The second-order valence-corrected chi connectivity index (χ2v) is 4.23. The molecule has 0 nitrogen and oxygen atoms in total. The van der Waals surface area contributed by atoms with Crippen LogP contribution in [0, 0.1) is 6.58 Å². The van der Waals surface area contributed by atoms with Crippen LogP contribution in [0.4, 0.5) is 0 Å². The van der Waals surface area contributed by atoms with Gasteiger partial charge in [-0.1, -0.05) is 69.6 Å². The van der Waals surface area contributed by atoms with Crippen LogP contribution in [-0.4, -0.2) is 0 Å². The average molecular weight is 219 g/mol. The molecule has 0 spiro atoms. The molecule has 0 aromatic heterocycles. The van der Waals surface area contributed by atoms with Gasteiger partial charge < -0.3 is 0 Å². The number of unbranched alkanes of at least 4 members (excludes halogenated alkanes) is 7. The third-order valence-electron chi connectivity index (χ3n) is 2.63. The lowest BCUT2D eigenvalue weighted by Crippen LogP contribution is -1.77. The summed E-state index contributed by atoms with van der Waals surface area (Å²) < 4.78 is 0. The van der Waals surface area contributed by atoms with Gasteiger partial charge in [-0.2, -0.15) is 0 Å². The Bertz CT molecular complexity index is 186. The van der Waals surface area contributed by atoms with Gasteiger partial charge in [0.15, 0.2) is 0 Å². The molecule has 0 atom stereocenters. The molecule has 0 amide bonds. The zero-order valence-corrected chi connectivity index (χ0v) is 10.8. The zero-order chi connectivity index (χ0) is 11.9. The Kier molecular flexibility index (Phi) is 13.5. The van der Waals surface area contributed by atoms with E-state index < -0.39 is 0 Å². The van der Waals surface area contributed by atoms with Crippen molar-refractivity contribution in [1.29, 1.82) is 0 Å². The molecule has 0 aromatic rings. The molecule has 0 rings (SSSR count). The van der Waals surface area contributed by atoms with Crippen LogP contribution in [0.3, 0.4) is 0 Å². The highest BCUT2D eigenvalue weighted by Gasteiger charge is 1.87. The van der Waals surface area contributed by atoms with Crippen molar-refractivity contribution in [3.05, 3.63) is 37.0 Å². The molecule has 16 heavy (non-hydrogen) atoms. The van der Waals surface area contributed by atoms with Gasteiger partial charge in [0, 0.05) is 0 Å². The summed E-state index contributed by atoms with van der Waals surface area (Å²) in [7, 11) is 0. The lowest BCUT2D eigenvalue weighted by atomic mass is 10.1. The van der Waals surface area contributed by atoms with Gasteiger partial charge in [0.1, 0.15) is 0 Å². The van der Waals surface area contributed by atoms with E-state index in [1.54, 1.807) is 6.08 Å². The summed E-state index contributed by atoms with van der Waals surface area (Å²) in [6, 6.07) is 0. The van der Waals surface area contributed by atoms with Gasteiger partial charge in [-0.3, -0.25) is 0 Å². The van der Waals surface area contributed by atoms with Crippen molar-refractivity contribution in [3.8, 4) is 0 Å². The molecule has 91 valence electrons. The van der Waals surface area contributed by atoms with Gasteiger partial charge in [-0.25, -0.2) is 0 Å². The minimum atomic E-state index is 1.17. The van der Waals surface area contributed by atoms with Crippen molar-refractivity contribution in [2.24, 2.45) is 0 Å². The fourth-order valence-corrected chi connectivity index (χ4v) is 1.61. The van der Waals surface area contributed by atoms with Crippen molar-refractivity contribution < 1.29 is 0 Å². The third kappa shape index (κ3) is 13.2. The van der Waals surface area contributed by atoms with E-state index >= 15 is 0 Å². The maximum absolute atomic E-state index is 5.24. The minimum Gasteiger partial charge on any atom is -0.0885 e.